The molecule has 2 rings (SSSR count). The highest BCUT2D eigenvalue weighted by molar-refractivity contribution is 6.02. The van der Waals surface area contributed by atoms with Gasteiger partial charge in [-0.05, 0) is 17.0 Å². The van der Waals surface area contributed by atoms with Gasteiger partial charge >= 0.3 is 6.03 Å². The van der Waals surface area contributed by atoms with Crippen LogP contribution in [-0.2, 0) is 17.3 Å². The standard InChI is InChI=1S/C17H24N4O2/c1-17(2,3)13-9-6-8-12-14(13)20(5)19-15(12)21(10-7-11-22)16(23)18-4/h6,8-9,11H,7,10H2,1-5H3,(H,18,23). The van der Waals surface area contributed by atoms with Crippen molar-refractivity contribution in [2.75, 3.05) is 18.5 Å². The number of aldehydes is 1. The van der Waals surface area contributed by atoms with Crippen molar-refractivity contribution < 1.29 is 9.59 Å². The number of amides is 2. The summed E-state index contributed by atoms with van der Waals surface area (Å²) in [5.74, 6) is 0.579. The molecule has 1 aromatic carbocycles. The number of aromatic nitrogens is 2. The van der Waals surface area contributed by atoms with Gasteiger partial charge in [0.15, 0.2) is 5.82 Å². The zero-order chi connectivity index (χ0) is 17.2. The van der Waals surface area contributed by atoms with Crippen LogP contribution in [0.1, 0.15) is 32.8 Å². The van der Waals surface area contributed by atoms with Gasteiger partial charge in [-0.15, -0.1) is 0 Å². The molecule has 0 bridgehead atoms. The molecule has 0 atom stereocenters. The molecule has 6 heteroatoms. The van der Waals surface area contributed by atoms with Gasteiger partial charge in [0.05, 0.1) is 5.52 Å². The molecule has 0 aliphatic heterocycles. The van der Waals surface area contributed by atoms with Gasteiger partial charge in [-0.3, -0.25) is 9.58 Å². The maximum Gasteiger partial charge on any atom is 0.322 e. The molecular formula is C17H24N4O2. The molecular weight excluding hydrogens is 292 g/mol. The summed E-state index contributed by atoms with van der Waals surface area (Å²) in [6.07, 6.45) is 1.08. The van der Waals surface area contributed by atoms with Crippen molar-refractivity contribution >= 4 is 29.0 Å². The molecule has 0 saturated carbocycles. The third kappa shape index (κ3) is 3.21. The third-order valence-corrected chi connectivity index (χ3v) is 3.84. The minimum Gasteiger partial charge on any atom is -0.341 e. The van der Waals surface area contributed by atoms with E-state index in [4.69, 9.17) is 0 Å². The van der Waals surface area contributed by atoms with Crippen molar-refractivity contribution in [2.24, 2.45) is 7.05 Å². The summed E-state index contributed by atoms with van der Waals surface area (Å²) in [7, 11) is 3.45. The third-order valence-electron chi connectivity index (χ3n) is 3.84. The molecule has 1 N–H and O–H groups in total. The number of rotatable bonds is 4. The highest BCUT2D eigenvalue weighted by Gasteiger charge is 2.25. The second-order valence-corrected chi connectivity index (χ2v) is 6.56. The number of para-hydroxylation sites is 1. The van der Waals surface area contributed by atoms with Crippen molar-refractivity contribution in [3.63, 3.8) is 0 Å². The number of hydrogen-bond acceptors (Lipinski definition) is 3. The summed E-state index contributed by atoms with van der Waals surface area (Å²) in [5, 5.41) is 8.08. The summed E-state index contributed by atoms with van der Waals surface area (Å²) in [6.45, 7) is 6.75. The van der Waals surface area contributed by atoms with E-state index in [0.29, 0.717) is 12.4 Å². The maximum atomic E-state index is 12.2. The molecule has 0 aliphatic rings. The van der Waals surface area contributed by atoms with Crippen LogP contribution in [0.5, 0.6) is 0 Å². The highest BCUT2D eigenvalue weighted by Crippen LogP contribution is 2.34. The summed E-state index contributed by atoms with van der Waals surface area (Å²) < 4.78 is 1.81. The molecule has 1 aromatic heterocycles. The van der Waals surface area contributed by atoms with Gasteiger partial charge in [0.2, 0.25) is 0 Å². The molecule has 0 aliphatic carbocycles. The number of carbonyl (C=O) groups is 2. The number of anilines is 1. The smallest absolute Gasteiger partial charge is 0.322 e. The van der Waals surface area contributed by atoms with E-state index in [1.807, 2.05) is 23.9 Å². The number of fused-ring (bicyclic) bond motifs is 1. The van der Waals surface area contributed by atoms with Crippen LogP contribution in [0.4, 0.5) is 10.6 Å². The second-order valence-electron chi connectivity index (χ2n) is 6.56. The SMILES string of the molecule is CNC(=O)N(CCC=O)c1nn(C)c2c(C(C)(C)C)cccc12. The predicted octanol–water partition coefficient (Wildman–Crippen LogP) is 2.61. The molecule has 0 fully saturated rings. The fraction of sp³-hybridized carbons (Fsp3) is 0.471. The molecule has 0 spiro atoms. The molecule has 0 radical (unpaired) electrons. The van der Waals surface area contributed by atoms with Crippen LogP contribution in [0.25, 0.3) is 10.9 Å². The lowest BCUT2D eigenvalue weighted by Gasteiger charge is -2.21. The van der Waals surface area contributed by atoms with Gasteiger partial charge in [-0.2, -0.15) is 5.10 Å². The number of nitrogens with one attached hydrogen (secondary N) is 1. The van der Waals surface area contributed by atoms with Gasteiger partial charge in [-0.25, -0.2) is 4.79 Å². The van der Waals surface area contributed by atoms with Crippen LogP contribution in [0.3, 0.4) is 0 Å². The first-order valence-electron chi connectivity index (χ1n) is 7.70. The normalized spacial score (nSPS) is 11.5. The van der Waals surface area contributed by atoms with Gasteiger partial charge < -0.3 is 10.1 Å². The van der Waals surface area contributed by atoms with E-state index in [1.165, 1.54) is 10.5 Å². The van der Waals surface area contributed by atoms with E-state index in [2.05, 4.69) is 37.3 Å². The summed E-state index contributed by atoms with van der Waals surface area (Å²) >= 11 is 0. The fourth-order valence-corrected chi connectivity index (χ4v) is 2.74. The van der Waals surface area contributed by atoms with Crippen LogP contribution in [0, 0.1) is 0 Å². The lowest BCUT2D eigenvalue weighted by atomic mass is 9.85. The van der Waals surface area contributed by atoms with Crippen molar-refractivity contribution in [3.05, 3.63) is 23.8 Å². The minimum absolute atomic E-state index is 0.0365. The van der Waals surface area contributed by atoms with E-state index in [0.717, 1.165) is 17.2 Å². The Morgan fingerprint density at radius 3 is 2.65 bits per heavy atom. The van der Waals surface area contributed by atoms with Gasteiger partial charge in [0, 0.05) is 32.4 Å². The first kappa shape index (κ1) is 17.0. The van der Waals surface area contributed by atoms with Gasteiger partial charge in [0.25, 0.3) is 0 Å². The molecule has 0 saturated heterocycles. The number of nitrogens with zero attached hydrogens (tertiary/aromatic N) is 3. The Kier molecular flexibility index (Phi) is 4.73. The molecule has 0 unspecified atom stereocenters. The van der Waals surface area contributed by atoms with Crippen LogP contribution in [-0.4, -0.2) is 35.7 Å². The zero-order valence-corrected chi connectivity index (χ0v) is 14.4. The largest absolute Gasteiger partial charge is 0.341 e. The number of aryl methyl sites for hydroxylation is 1. The quantitative estimate of drug-likeness (QED) is 0.882. The minimum atomic E-state index is -0.270. The Balaban J connectivity index is 2.65. The number of carbonyl (C=O) groups excluding carboxylic acids is 2. The van der Waals surface area contributed by atoms with Crippen LogP contribution >= 0.6 is 0 Å². The lowest BCUT2D eigenvalue weighted by molar-refractivity contribution is -0.107. The monoisotopic (exact) mass is 316 g/mol. The van der Waals surface area contributed by atoms with Gasteiger partial charge in [-0.1, -0.05) is 32.9 Å². The fourth-order valence-electron chi connectivity index (χ4n) is 2.74. The van der Waals surface area contributed by atoms with Gasteiger partial charge in [0.1, 0.15) is 6.29 Å². The van der Waals surface area contributed by atoms with Crippen molar-refractivity contribution in [2.45, 2.75) is 32.6 Å². The average molecular weight is 316 g/mol. The Morgan fingerprint density at radius 1 is 1.39 bits per heavy atom. The number of benzene rings is 1. The van der Waals surface area contributed by atoms with Crippen molar-refractivity contribution in [3.8, 4) is 0 Å². The molecule has 124 valence electrons. The second kappa shape index (κ2) is 6.40. The summed E-state index contributed by atoms with van der Waals surface area (Å²) in [5.41, 5.74) is 2.14. The average Bonchev–Trinajstić information content (AvgIpc) is 2.83. The highest BCUT2D eigenvalue weighted by atomic mass is 16.2. The van der Waals surface area contributed by atoms with E-state index in [1.54, 1.807) is 7.05 Å². The molecule has 2 aromatic rings. The van der Waals surface area contributed by atoms with E-state index >= 15 is 0 Å². The summed E-state index contributed by atoms with van der Waals surface area (Å²) in [6, 6.07) is 5.76. The Morgan fingerprint density at radius 2 is 2.09 bits per heavy atom. The molecule has 6 nitrogen and oxygen atoms in total. The Labute approximate surface area is 136 Å². The lowest BCUT2D eigenvalue weighted by Crippen LogP contribution is -2.39. The summed E-state index contributed by atoms with van der Waals surface area (Å²) in [4.78, 5) is 24.4. The number of hydrogen-bond donors (Lipinski definition) is 1. The predicted molar refractivity (Wildman–Crippen MR) is 91.9 cm³/mol. The number of urea groups is 1. The van der Waals surface area contributed by atoms with Crippen molar-refractivity contribution in [1.29, 1.82) is 0 Å². The van der Waals surface area contributed by atoms with E-state index < -0.39 is 0 Å². The van der Waals surface area contributed by atoms with E-state index in [-0.39, 0.29) is 17.9 Å². The molecule has 23 heavy (non-hydrogen) atoms. The van der Waals surface area contributed by atoms with Crippen LogP contribution < -0.4 is 10.2 Å². The topological polar surface area (TPSA) is 67.2 Å². The Bertz CT molecular complexity index is 728. The first-order valence-corrected chi connectivity index (χ1v) is 7.70. The Hall–Kier alpha value is -2.37. The van der Waals surface area contributed by atoms with E-state index in [9.17, 15) is 9.59 Å². The van der Waals surface area contributed by atoms with Crippen LogP contribution in [0.15, 0.2) is 18.2 Å². The van der Waals surface area contributed by atoms with Crippen molar-refractivity contribution in [1.82, 2.24) is 15.1 Å². The zero-order valence-electron chi connectivity index (χ0n) is 14.4. The molecule has 2 amide bonds. The van der Waals surface area contributed by atoms with Crippen LogP contribution in [0.2, 0.25) is 0 Å². The first-order chi connectivity index (χ1) is 10.8. The molecule has 1 heterocycles. The maximum absolute atomic E-state index is 12.2.